The highest BCUT2D eigenvalue weighted by molar-refractivity contribution is 5.83. The van der Waals surface area contributed by atoms with E-state index in [9.17, 15) is 14.7 Å². The summed E-state index contributed by atoms with van der Waals surface area (Å²) in [6.07, 6.45) is 3.18. The van der Waals surface area contributed by atoms with Crippen LogP contribution in [-0.4, -0.2) is 63.8 Å². The second-order valence-electron chi connectivity index (χ2n) is 4.74. The van der Waals surface area contributed by atoms with Crippen LogP contribution in [0.2, 0.25) is 0 Å². The van der Waals surface area contributed by atoms with Gasteiger partial charge in [-0.05, 0) is 6.92 Å². The molecule has 1 fully saturated rings. The van der Waals surface area contributed by atoms with E-state index in [-0.39, 0.29) is 18.5 Å². The molecule has 0 aromatic carbocycles. The smallest absolute Gasteiger partial charge is 0.326 e. The van der Waals surface area contributed by atoms with Crippen LogP contribution < -0.4 is 5.32 Å². The van der Waals surface area contributed by atoms with Crippen LogP contribution in [0, 0.1) is 0 Å². The van der Waals surface area contributed by atoms with Crippen molar-refractivity contribution in [2.75, 3.05) is 19.8 Å². The van der Waals surface area contributed by atoms with Gasteiger partial charge in [0.2, 0.25) is 0 Å². The molecule has 8 nitrogen and oxygen atoms in total. The van der Waals surface area contributed by atoms with Crippen LogP contribution in [0.5, 0.6) is 0 Å². The fourth-order valence-electron chi connectivity index (χ4n) is 2.08. The number of carboxylic acid groups (broad SMARTS) is 1. The molecule has 1 aromatic heterocycles. The third-order valence-electron chi connectivity index (χ3n) is 3.20. The van der Waals surface area contributed by atoms with Gasteiger partial charge in [0.25, 0.3) is 0 Å². The lowest BCUT2D eigenvalue weighted by Crippen LogP contribution is -2.55. The molecule has 1 aromatic rings. The monoisotopic (exact) mass is 282 g/mol. The number of aliphatic carboxylic acids is 1. The Morgan fingerprint density at radius 2 is 2.50 bits per heavy atom. The molecule has 2 atom stereocenters. The number of ether oxygens (including phenoxy) is 1. The van der Waals surface area contributed by atoms with Crippen molar-refractivity contribution in [2.24, 2.45) is 0 Å². The molecule has 110 valence electrons. The summed E-state index contributed by atoms with van der Waals surface area (Å²) in [6.45, 7) is 3.26. The lowest BCUT2D eigenvalue weighted by Gasteiger charge is -2.34. The lowest BCUT2D eigenvalue weighted by atomic mass is 10.1. The summed E-state index contributed by atoms with van der Waals surface area (Å²) < 4.78 is 5.25. The summed E-state index contributed by atoms with van der Waals surface area (Å²) >= 11 is 0. The first-order valence-corrected chi connectivity index (χ1v) is 6.43. The predicted molar refractivity (Wildman–Crippen MR) is 69.2 cm³/mol. The van der Waals surface area contributed by atoms with E-state index in [1.165, 1.54) is 6.33 Å². The molecule has 2 amide bonds. The van der Waals surface area contributed by atoms with Gasteiger partial charge in [-0.25, -0.2) is 14.6 Å². The number of aromatic nitrogens is 2. The predicted octanol–water partition coefficient (Wildman–Crippen LogP) is -0.164. The van der Waals surface area contributed by atoms with Crippen LogP contribution in [0.25, 0.3) is 0 Å². The molecule has 1 saturated heterocycles. The van der Waals surface area contributed by atoms with Crippen molar-refractivity contribution in [1.82, 2.24) is 20.2 Å². The highest BCUT2D eigenvalue weighted by Crippen LogP contribution is 2.07. The third kappa shape index (κ3) is 3.47. The van der Waals surface area contributed by atoms with Gasteiger partial charge in [0.05, 0.1) is 25.6 Å². The SMILES string of the molecule is CC1COCCN1C(=O)NC(Cc1cnc[nH]1)C(=O)O. The summed E-state index contributed by atoms with van der Waals surface area (Å²) in [4.78, 5) is 31.6. The van der Waals surface area contributed by atoms with E-state index in [0.29, 0.717) is 25.5 Å². The Morgan fingerprint density at radius 3 is 3.10 bits per heavy atom. The molecule has 0 spiro atoms. The Bertz CT molecular complexity index is 462. The Kier molecular flexibility index (Phi) is 4.57. The molecule has 0 radical (unpaired) electrons. The largest absolute Gasteiger partial charge is 0.480 e. The topological polar surface area (TPSA) is 108 Å². The standard InChI is InChI=1S/C12H18N4O4/c1-8-6-20-3-2-16(8)12(19)15-10(11(17)18)4-9-5-13-7-14-9/h5,7-8,10H,2-4,6H2,1H3,(H,13,14)(H,15,19)(H,17,18). The molecule has 0 aliphatic carbocycles. The van der Waals surface area contributed by atoms with E-state index in [1.807, 2.05) is 6.92 Å². The summed E-state index contributed by atoms with van der Waals surface area (Å²) in [5.74, 6) is -1.08. The zero-order valence-corrected chi connectivity index (χ0v) is 11.2. The average Bonchev–Trinajstić information content (AvgIpc) is 2.91. The number of hydrogen-bond donors (Lipinski definition) is 3. The van der Waals surface area contributed by atoms with Crippen LogP contribution in [0.1, 0.15) is 12.6 Å². The Balaban J connectivity index is 1.96. The number of carboxylic acids is 1. The number of urea groups is 1. The van der Waals surface area contributed by atoms with Crippen molar-refractivity contribution in [2.45, 2.75) is 25.4 Å². The third-order valence-corrected chi connectivity index (χ3v) is 3.20. The fourth-order valence-corrected chi connectivity index (χ4v) is 2.08. The van der Waals surface area contributed by atoms with Crippen LogP contribution >= 0.6 is 0 Å². The van der Waals surface area contributed by atoms with E-state index in [4.69, 9.17) is 4.74 Å². The Labute approximate surface area is 116 Å². The zero-order chi connectivity index (χ0) is 14.5. The molecular formula is C12H18N4O4. The second-order valence-corrected chi connectivity index (χ2v) is 4.74. The van der Waals surface area contributed by atoms with Gasteiger partial charge in [-0.2, -0.15) is 0 Å². The first kappa shape index (κ1) is 14.3. The van der Waals surface area contributed by atoms with Crippen LogP contribution in [0.3, 0.4) is 0 Å². The number of rotatable bonds is 4. The number of aromatic amines is 1. The van der Waals surface area contributed by atoms with Gasteiger partial charge in [0.15, 0.2) is 0 Å². The molecule has 3 N–H and O–H groups in total. The van der Waals surface area contributed by atoms with Crippen LogP contribution in [-0.2, 0) is 16.0 Å². The number of nitrogens with zero attached hydrogens (tertiary/aromatic N) is 2. The van der Waals surface area contributed by atoms with Gasteiger partial charge < -0.3 is 25.0 Å². The molecule has 2 unspecified atom stereocenters. The Morgan fingerprint density at radius 1 is 1.70 bits per heavy atom. The van der Waals surface area contributed by atoms with Gasteiger partial charge in [-0.1, -0.05) is 0 Å². The van der Waals surface area contributed by atoms with E-state index in [0.717, 1.165) is 0 Å². The number of imidazole rings is 1. The Hall–Kier alpha value is -2.09. The highest BCUT2D eigenvalue weighted by Gasteiger charge is 2.28. The number of hydrogen-bond acceptors (Lipinski definition) is 4. The summed E-state index contributed by atoms with van der Waals surface area (Å²) in [7, 11) is 0. The first-order valence-electron chi connectivity index (χ1n) is 6.43. The lowest BCUT2D eigenvalue weighted by molar-refractivity contribution is -0.139. The zero-order valence-electron chi connectivity index (χ0n) is 11.2. The van der Waals surface area contributed by atoms with Crippen molar-refractivity contribution in [3.05, 3.63) is 18.2 Å². The molecule has 20 heavy (non-hydrogen) atoms. The molecular weight excluding hydrogens is 264 g/mol. The number of morpholine rings is 1. The summed E-state index contributed by atoms with van der Waals surface area (Å²) in [5, 5.41) is 11.7. The number of H-pyrrole nitrogens is 1. The normalized spacial score (nSPS) is 20.4. The summed E-state index contributed by atoms with van der Waals surface area (Å²) in [5.41, 5.74) is 0.660. The van der Waals surface area contributed by atoms with Crippen molar-refractivity contribution in [1.29, 1.82) is 0 Å². The van der Waals surface area contributed by atoms with Gasteiger partial charge in [-0.15, -0.1) is 0 Å². The molecule has 0 saturated carbocycles. The quantitative estimate of drug-likeness (QED) is 0.711. The maximum atomic E-state index is 12.1. The van der Waals surface area contributed by atoms with Crippen molar-refractivity contribution in [3.63, 3.8) is 0 Å². The molecule has 1 aliphatic rings. The molecule has 8 heteroatoms. The number of nitrogens with one attached hydrogen (secondary N) is 2. The second kappa shape index (κ2) is 6.38. The van der Waals surface area contributed by atoms with E-state index < -0.39 is 12.0 Å². The first-order chi connectivity index (χ1) is 9.58. The van der Waals surface area contributed by atoms with Crippen molar-refractivity contribution < 1.29 is 19.4 Å². The highest BCUT2D eigenvalue weighted by atomic mass is 16.5. The van der Waals surface area contributed by atoms with Gasteiger partial charge in [0.1, 0.15) is 6.04 Å². The molecule has 1 aliphatic heterocycles. The summed E-state index contributed by atoms with van der Waals surface area (Å²) in [6, 6.07) is -1.43. The fraction of sp³-hybridized carbons (Fsp3) is 0.583. The number of amides is 2. The molecule has 2 rings (SSSR count). The van der Waals surface area contributed by atoms with Gasteiger partial charge in [-0.3, -0.25) is 0 Å². The maximum Gasteiger partial charge on any atom is 0.326 e. The average molecular weight is 282 g/mol. The molecule has 2 heterocycles. The number of carbonyl (C=O) groups is 2. The van der Waals surface area contributed by atoms with Gasteiger partial charge in [0, 0.05) is 24.9 Å². The number of carbonyl (C=O) groups excluding carboxylic acids is 1. The molecule has 0 bridgehead atoms. The van der Waals surface area contributed by atoms with E-state index in [1.54, 1.807) is 11.1 Å². The van der Waals surface area contributed by atoms with E-state index in [2.05, 4.69) is 15.3 Å². The van der Waals surface area contributed by atoms with Crippen molar-refractivity contribution >= 4 is 12.0 Å². The van der Waals surface area contributed by atoms with E-state index >= 15 is 0 Å². The van der Waals surface area contributed by atoms with Crippen molar-refractivity contribution in [3.8, 4) is 0 Å². The minimum absolute atomic E-state index is 0.0645. The minimum atomic E-state index is -1.08. The maximum absolute atomic E-state index is 12.1. The van der Waals surface area contributed by atoms with Gasteiger partial charge >= 0.3 is 12.0 Å². The minimum Gasteiger partial charge on any atom is -0.480 e. The van der Waals surface area contributed by atoms with Crippen LogP contribution in [0.4, 0.5) is 4.79 Å². The van der Waals surface area contributed by atoms with Crippen LogP contribution in [0.15, 0.2) is 12.5 Å².